The van der Waals surface area contributed by atoms with Crippen LogP contribution in [0.15, 0.2) is 47.2 Å². The first-order valence-electron chi connectivity index (χ1n) is 8.20. The van der Waals surface area contributed by atoms with Crippen LogP contribution in [0.4, 0.5) is 0 Å². The van der Waals surface area contributed by atoms with Crippen molar-refractivity contribution in [3.8, 4) is 0 Å². The number of aromatic nitrogens is 1. The van der Waals surface area contributed by atoms with E-state index in [0.717, 1.165) is 22.2 Å². The van der Waals surface area contributed by atoms with Crippen LogP contribution in [-0.2, 0) is 16.0 Å². The minimum Gasteiger partial charge on any atom is -0.467 e. The molecule has 2 aromatic heterocycles. The van der Waals surface area contributed by atoms with Gasteiger partial charge >= 0.3 is 0 Å². The number of hydrogen-bond acceptors (Lipinski definition) is 3. The molecule has 24 heavy (non-hydrogen) atoms. The minimum absolute atomic E-state index is 0.0992. The lowest BCUT2D eigenvalue weighted by Crippen LogP contribution is -2.43. The summed E-state index contributed by atoms with van der Waals surface area (Å²) >= 11 is 0. The van der Waals surface area contributed by atoms with Crippen LogP contribution in [0, 0.1) is 6.92 Å². The fourth-order valence-corrected chi connectivity index (χ4v) is 3.39. The molecule has 0 aliphatic carbocycles. The molecule has 5 nitrogen and oxygen atoms in total. The maximum Gasteiger partial charge on any atom is 0.227 e. The van der Waals surface area contributed by atoms with Crippen molar-refractivity contribution in [2.24, 2.45) is 0 Å². The maximum absolute atomic E-state index is 12.9. The van der Waals surface area contributed by atoms with Crippen molar-refractivity contribution in [2.75, 3.05) is 19.8 Å². The molecular weight excluding hydrogens is 304 g/mol. The average Bonchev–Trinajstić information content (AvgIpc) is 3.26. The van der Waals surface area contributed by atoms with Crippen molar-refractivity contribution < 1.29 is 13.9 Å². The zero-order valence-electron chi connectivity index (χ0n) is 13.6. The fraction of sp³-hybridized carbons (Fsp3) is 0.316. The van der Waals surface area contributed by atoms with E-state index in [1.165, 1.54) is 5.56 Å². The van der Waals surface area contributed by atoms with E-state index in [0.29, 0.717) is 26.2 Å². The molecule has 1 aromatic carbocycles. The molecule has 1 saturated heterocycles. The van der Waals surface area contributed by atoms with Crippen LogP contribution in [0.25, 0.3) is 10.9 Å². The van der Waals surface area contributed by atoms with Gasteiger partial charge in [-0.3, -0.25) is 4.79 Å². The number of aryl methyl sites for hydroxylation is 1. The summed E-state index contributed by atoms with van der Waals surface area (Å²) in [5.41, 5.74) is 3.32. The van der Waals surface area contributed by atoms with Gasteiger partial charge in [-0.25, -0.2) is 0 Å². The SMILES string of the molecule is Cc1cccc2c(CC(=O)N3CCOCC3c3ccco3)c[nH]c12. The maximum atomic E-state index is 12.9. The monoisotopic (exact) mass is 324 g/mol. The third-order valence-corrected chi connectivity index (χ3v) is 4.67. The first-order valence-corrected chi connectivity index (χ1v) is 8.20. The van der Waals surface area contributed by atoms with Gasteiger partial charge in [0.25, 0.3) is 0 Å². The first-order chi connectivity index (χ1) is 11.7. The second-order valence-electron chi connectivity index (χ2n) is 6.18. The largest absolute Gasteiger partial charge is 0.467 e. The summed E-state index contributed by atoms with van der Waals surface area (Å²) in [6.45, 7) is 3.70. The molecule has 1 unspecified atom stereocenters. The highest BCUT2D eigenvalue weighted by Crippen LogP contribution is 2.27. The molecular formula is C19H20N2O3. The van der Waals surface area contributed by atoms with E-state index in [4.69, 9.17) is 9.15 Å². The second-order valence-corrected chi connectivity index (χ2v) is 6.18. The molecule has 1 amide bonds. The lowest BCUT2D eigenvalue weighted by Gasteiger charge is -2.34. The van der Waals surface area contributed by atoms with Gasteiger partial charge in [-0.1, -0.05) is 18.2 Å². The van der Waals surface area contributed by atoms with Gasteiger partial charge in [-0.2, -0.15) is 0 Å². The van der Waals surface area contributed by atoms with Crippen LogP contribution < -0.4 is 0 Å². The quantitative estimate of drug-likeness (QED) is 0.805. The summed E-state index contributed by atoms with van der Waals surface area (Å²) in [5.74, 6) is 0.875. The number of morpholine rings is 1. The molecule has 1 atom stereocenters. The third-order valence-electron chi connectivity index (χ3n) is 4.67. The van der Waals surface area contributed by atoms with E-state index in [2.05, 4.69) is 24.0 Å². The van der Waals surface area contributed by atoms with E-state index >= 15 is 0 Å². The molecule has 0 bridgehead atoms. The Bertz CT molecular complexity index is 851. The van der Waals surface area contributed by atoms with Crippen molar-refractivity contribution in [2.45, 2.75) is 19.4 Å². The fourth-order valence-electron chi connectivity index (χ4n) is 3.39. The summed E-state index contributed by atoms with van der Waals surface area (Å²) in [6.07, 6.45) is 3.95. The number of carbonyl (C=O) groups excluding carboxylic acids is 1. The third kappa shape index (κ3) is 2.61. The summed E-state index contributed by atoms with van der Waals surface area (Å²) in [5, 5.41) is 1.12. The van der Waals surface area contributed by atoms with Gasteiger partial charge in [-0.05, 0) is 30.2 Å². The Balaban J connectivity index is 1.59. The number of para-hydroxylation sites is 1. The van der Waals surface area contributed by atoms with Crippen molar-refractivity contribution in [3.63, 3.8) is 0 Å². The lowest BCUT2D eigenvalue weighted by atomic mass is 10.1. The van der Waals surface area contributed by atoms with E-state index in [1.54, 1.807) is 6.26 Å². The molecule has 5 heteroatoms. The number of amides is 1. The summed E-state index contributed by atoms with van der Waals surface area (Å²) in [7, 11) is 0. The zero-order chi connectivity index (χ0) is 16.5. The van der Waals surface area contributed by atoms with Crippen molar-refractivity contribution in [1.29, 1.82) is 0 Å². The topological polar surface area (TPSA) is 58.5 Å². The highest BCUT2D eigenvalue weighted by Gasteiger charge is 2.30. The Hall–Kier alpha value is -2.53. The molecule has 1 aliphatic heterocycles. The molecule has 0 spiro atoms. The summed E-state index contributed by atoms with van der Waals surface area (Å²) < 4.78 is 11.0. The number of hydrogen-bond donors (Lipinski definition) is 1. The number of nitrogens with zero attached hydrogens (tertiary/aromatic N) is 1. The van der Waals surface area contributed by atoms with Crippen molar-refractivity contribution in [1.82, 2.24) is 9.88 Å². The number of nitrogens with one attached hydrogen (secondary N) is 1. The van der Waals surface area contributed by atoms with E-state index < -0.39 is 0 Å². The van der Waals surface area contributed by atoms with Gasteiger partial charge in [0.1, 0.15) is 11.8 Å². The van der Waals surface area contributed by atoms with Gasteiger partial charge in [0.05, 0.1) is 25.9 Å². The molecule has 1 N–H and O–H groups in total. The molecule has 3 aromatic rings. The normalized spacial score (nSPS) is 18.2. The zero-order valence-corrected chi connectivity index (χ0v) is 13.6. The molecule has 124 valence electrons. The number of benzene rings is 1. The average molecular weight is 324 g/mol. The highest BCUT2D eigenvalue weighted by atomic mass is 16.5. The van der Waals surface area contributed by atoms with E-state index in [9.17, 15) is 4.79 Å². The van der Waals surface area contributed by atoms with Crippen molar-refractivity contribution >= 4 is 16.8 Å². The van der Waals surface area contributed by atoms with Gasteiger partial charge in [-0.15, -0.1) is 0 Å². The number of H-pyrrole nitrogens is 1. The van der Waals surface area contributed by atoms with E-state index in [1.807, 2.05) is 29.3 Å². The molecule has 1 aliphatic rings. The van der Waals surface area contributed by atoms with Gasteiger partial charge < -0.3 is 19.0 Å². The Morgan fingerprint density at radius 2 is 2.25 bits per heavy atom. The number of rotatable bonds is 3. The molecule has 0 saturated carbocycles. The van der Waals surface area contributed by atoms with E-state index in [-0.39, 0.29) is 11.9 Å². The van der Waals surface area contributed by atoms with Crippen molar-refractivity contribution in [3.05, 3.63) is 59.7 Å². The highest BCUT2D eigenvalue weighted by molar-refractivity contribution is 5.90. The minimum atomic E-state index is -0.145. The van der Waals surface area contributed by atoms with Gasteiger partial charge in [0.15, 0.2) is 0 Å². The van der Waals surface area contributed by atoms with Crippen LogP contribution >= 0.6 is 0 Å². The Morgan fingerprint density at radius 3 is 3.08 bits per heavy atom. The number of fused-ring (bicyclic) bond motifs is 1. The predicted molar refractivity (Wildman–Crippen MR) is 90.7 cm³/mol. The number of carbonyl (C=O) groups is 1. The lowest BCUT2D eigenvalue weighted by molar-refractivity contribution is -0.140. The Morgan fingerprint density at radius 1 is 1.33 bits per heavy atom. The molecule has 0 radical (unpaired) electrons. The Kier molecular flexibility index (Phi) is 3.86. The second kappa shape index (κ2) is 6.17. The van der Waals surface area contributed by atoms with Crippen LogP contribution in [-0.4, -0.2) is 35.5 Å². The number of aromatic amines is 1. The van der Waals surface area contributed by atoms with Crippen LogP contribution in [0.3, 0.4) is 0 Å². The smallest absolute Gasteiger partial charge is 0.227 e. The predicted octanol–water partition coefficient (Wildman–Crippen LogP) is 3.21. The first kappa shape index (κ1) is 15.0. The van der Waals surface area contributed by atoms with Crippen LogP contribution in [0.2, 0.25) is 0 Å². The van der Waals surface area contributed by atoms with Gasteiger partial charge in [0.2, 0.25) is 5.91 Å². The van der Waals surface area contributed by atoms with Crippen LogP contribution in [0.5, 0.6) is 0 Å². The van der Waals surface area contributed by atoms with Gasteiger partial charge in [0, 0.05) is 23.6 Å². The Labute approximate surface area is 140 Å². The number of ether oxygens (including phenoxy) is 1. The standard InChI is InChI=1S/C19H20N2O3/c1-13-4-2-5-15-14(11-20-19(13)15)10-18(22)21-7-9-23-12-16(21)17-6-3-8-24-17/h2-6,8,11,16,20H,7,9-10,12H2,1H3. The number of furan rings is 1. The molecule has 1 fully saturated rings. The molecule has 3 heterocycles. The van der Waals surface area contributed by atoms with Crippen LogP contribution in [0.1, 0.15) is 22.9 Å². The summed E-state index contributed by atoms with van der Waals surface area (Å²) in [6, 6.07) is 9.75. The summed E-state index contributed by atoms with van der Waals surface area (Å²) in [4.78, 5) is 18.1. The molecule has 4 rings (SSSR count).